The van der Waals surface area contributed by atoms with E-state index in [1.807, 2.05) is 6.92 Å². The normalized spacial score (nSPS) is 11.3. The van der Waals surface area contributed by atoms with Crippen molar-refractivity contribution in [1.82, 2.24) is 9.97 Å². The highest BCUT2D eigenvalue weighted by atomic mass is 32.2. The van der Waals surface area contributed by atoms with Crippen molar-refractivity contribution in [3.8, 4) is 5.75 Å². The van der Waals surface area contributed by atoms with Crippen LogP contribution < -0.4 is 4.72 Å². The molecule has 0 fully saturated rings. The molecular weight excluding hydrogens is 298 g/mol. The number of rotatable bonds is 5. The van der Waals surface area contributed by atoms with Gasteiger partial charge in [-0.3, -0.25) is 4.72 Å². The van der Waals surface area contributed by atoms with Crippen LogP contribution in [0.15, 0.2) is 29.4 Å². The highest BCUT2D eigenvalue weighted by Crippen LogP contribution is 2.23. The number of nitrogens with one attached hydrogen (secondary N) is 2. The molecule has 0 spiro atoms. The lowest BCUT2D eigenvalue weighted by Gasteiger charge is -2.07. The molecule has 0 amide bonds. The number of H-pyrrole nitrogens is 1. The Bertz CT molecular complexity index is 782. The molecule has 2 aromatic rings. The van der Waals surface area contributed by atoms with Gasteiger partial charge in [-0.1, -0.05) is 6.92 Å². The highest BCUT2D eigenvalue weighted by Gasteiger charge is 2.18. The summed E-state index contributed by atoms with van der Waals surface area (Å²) in [5, 5.41) is 18.2. The summed E-state index contributed by atoms with van der Waals surface area (Å²) in [6, 6.07) is 3.38. The summed E-state index contributed by atoms with van der Waals surface area (Å²) in [4.78, 5) is 17.3. The van der Waals surface area contributed by atoms with Crippen molar-refractivity contribution in [2.75, 3.05) is 4.72 Å². The van der Waals surface area contributed by atoms with Crippen LogP contribution in [0.5, 0.6) is 5.75 Å². The molecule has 9 heteroatoms. The third-order valence-corrected chi connectivity index (χ3v) is 4.00. The molecule has 0 unspecified atom stereocenters. The van der Waals surface area contributed by atoms with E-state index in [-0.39, 0.29) is 16.3 Å². The van der Waals surface area contributed by atoms with E-state index in [4.69, 9.17) is 5.11 Å². The molecule has 21 heavy (non-hydrogen) atoms. The Morgan fingerprint density at radius 2 is 2.14 bits per heavy atom. The number of anilines is 1. The van der Waals surface area contributed by atoms with Crippen molar-refractivity contribution in [1.29, 1.82) is 0 Å². The van der Waals surface area contributed by atoms with Gasteiger partial charge in [0.25, 0.3) is 10.0 Å². The number of phenols is 1. The van der Waals surface area contributed by atoms with Gasteiger partial charge in [0.1, 0.15) is 17.1 Å². The number of imidazole rings is 1. The Hall–Kier alpha value is -2.55. The molecule has 4 N–H and O–H groups in total. The zero-order chi connectivity index (χ0) is 15.6. The maximum absolute atomic E-state index is 12.1. The van der Waals surface area contributed by atoms with Gasteiger partial charge in [0, 0.05) is 12.5 Å². The number of aromatic carboxylic acids is 1. The van der Waals surface area contributed by atoms with Gasteiger partial charge >= 0.3 is 5.97 Å². The number of aromatic nitrogens is 2. The van der Waals surface area contributed by atoms with Crippen LogP contribution >= 0.6 is 0 Å². The number of hydrogen-bond acceptors (Lipinski definition) is 5. The molecular formula is C12H13N3O5S. The second-order valence-corrected chi connectivity index (χ2v) is 5.84. The number of aromatic hydroxyl groups is 1. The van der Waals surface area contributed by atoms with Crippen molar-refractivity contribution >= 4 is 21.7 Å². The second-order valence-electron chi connectivity index (χ2n) is 4.19. The summed E-state index contributed by atoms with van der Waals surface area (Å²) in [6.45, 7) is 1.82. The molecule has 1 aromatic carbocycles. The number of carboxylic acids is 1. The first kappa shape index (κ1) is 14.9. The van der Waals surface area contributed by atoms with Crippen LogP contribution in [0, 0.1) is 0 Å². The van der Waals surface area contributed by atoms with Crippen molar-refractivity contribution in [3.63, 3.8) is 0 Å². The van der Waals surface area contributed by atoms with Gasteiger partial charge in [-0.15, -0.1) is 0 Å². The summed E-state index contributed by atoms with van der Waals surface area (Å²) in [7, 11) is -3.88. The molecule has 1 aromatic heterocycles. The number of nitrogens with zero attached hydrogens (tertiary/aromatic N) is 1. The molecule has 0 aliphatic rings. The lowest BCUT2D eigenvalue weighted by molar-refractivity contribution is 0.0694. The molecule has 112 valence electrons. The maximum Gasteiger partial charge on any atom is 0.339 e. The van der Waals surface area contributed by atoms with Gasteiger partial charge in [-0.25, -0.2) is 9.78 Å². The smallest absolute Gasteiger partial charge is 0.339 e. The fraction of sp³-hybridized carbons (Fsp3) is 0.167. The monoisotopic (exact) mass is 311 g/mol. The molecule has 1 heterocycles. The second kappa shape index (κ2) is 5.44. The third-order valence-electron chi connectivity index (χ3n) is 2.71. The van der Waals surface area contributed by atoms with E-state index in [9.17, 15) is 18.3 Å². The Balaban J connectivity index is 2.28. The van der Waals surface area contributed by atoms with Crippen molar-refractivity contribution in [2.45, 2.75) is 18.4 Å². The number of benzene rings is 1. The largest absolute Gasteiger partial charge is 0.507 e. The summed E-state index contributed by atoms with van der Waals surface area (Å²) >= 11 is 0. The Morgan fingerprint density at radius 1 is 1.43 bits per heavy atom. The maximum atomic E-state index is 12.1. The van der Waals surface area contributed by atoms with Crippen LogP contribution in [0.1, 0.15) is 23.1 Å². The molecule has 0 aliphatic heterocycles. The molecule has 2 rings (SSSR count). The predicted molar refractivity (Wildman–Crippen MR) is 73.8 cm³/mol. The van der Waals surface area contributed by atoms with Gasteiger partial charge in [0.2, 0.25) is 0 Å². The van der Waals surface area contributed by atoms with E-state index in [1.54, 1.807) is 0 Å². The predicted octanol–water partition coefficient (Wildman–Crippen LogP) is 1.18. The molecule has 8 nitrogen and oxygen atoms in total. The summed E-state index contributed by atoms with van der Waals surface area (Å²) in [5.41, 5.74) is -0.266. The minimum absolute atomic E-state index is 0.0464. The van der Waals surface area contributed by atoms with E-state index in [0.29, 0.717) is 12.2 Å². The Kier molecular flexibility index (Phi) is 3.85. The van der Waals surface area contributed by atoms with E-state index in [2.05, 4.69) is 14.7 Å². The van der Waals surface area contributed by atoms with Crippen LogP contribution in [0.2, 0.25) is 0 Å². The zero-order valence-electron chi connectivity index (χ0n) is 11.0. The van der Waals surface area contributed by atoms with Gasteiger partial charge < -0.3 is 15.2 Å². The first-order valence-corrected chi connectivity index (χ1v) is 7.45. The van der Waals surface area contributed by atoms with E-state index in [0.717, 1.165) is 12.1 Å². The number of hydrogen-bond donors (Lipinski definition) is 4. The van der Waals surface area contributed by atoms with Crippen LogP contribution in [0.4, 0.5) is 5.69 Å². The minimum Gasteiger partial charge on any atom is -0.507 e. The Labute approximate surface area is 120 Å². The number of aryl methyl sites for hydroxylation is 1. The minimum atomic E-state index is -3.88. The average molecular weight is 311 g/mol. The number of aromatic amines is 1. The average Bonchev–Trinajstić information content (AvgIpc) is 2.87. The first-order chi connectivity index (χ1) is 9.83. The van der Waals surface area contributed by atoms with Crippen LogP contribution in [-0.4, -0.2) is 34.6 Å². The van der Waals surface area contributed by atoms with Gasteiger partial charge in [-0.05, 0) is 12.1 Å². The summed E-state index contributed by atoms with van der Waals surface area (Å²) < 4.78 is 26.4. The van der Waals surface area contributed by atoms with Crippen molar-refractivity contribution in [2.24, 2.45) is 0 Å². The van der Waals surface area contributed by atoms with E-state index >= 15 is 0 Å². The SMILES string of the molecule is CCc1ncc(S(=O)(=O)Nc2ccc(C(=O)O)c(O)c2)[nH]1. The number of sulfonamides is 1. The third kappa shape index (κ3) is 3.14. The van der Waals surface area contributed by atoms with Crippen molar-refractivity contribution in [3.05, 3.63) is 35.8 Å². The van der Waals surface area contributed by atoms with Crippen molar-refractivity contribution < 1.29 is 23.4 Å². The van der Waals surface area contributed by atoms with Gasteiger partial charge in [-0.2, -0.15) is 8.42 Å². The highest BCUT2D eigenvalue weighted by molar-refractivity contribution is 7.92. The van der Waals surface area contributed by atoms with Gasteiger partial charge in [0.15, 0.2) is 5.03 Å². The molecule has 0 bridgehead atoms. The van der Waals surface area contributed by atoms with Gasteiger partial charge in [0.05, 0.1) is 11.9 Å². The van der Waals surface area contributed by atoms with Crippen LogP contribution in [-0.2, 0) is 16.4 Å². The standard InChI is InChI=1S/C12H13N3O5S/c1-2-10-13-6-11(14-10)21(19,20)15-7-3-4-8(12(17)18)9(16)5-7/h3-6,15-16H,2H2,1H3,(H,13,14)(H,17,18). The quantitative estimate of drug-likeness (QED) is 0.655. The molecule has 0 saturated carbocycles. The number of carboxylic acid groups (broad SMARTS) is 1. The summed E-state index contributed by atoms with van der Waals surface area (Å²) in [5.74, 6) is -1.30. The molecule has 0 aliphatic carbocycles. The first-order valence-electron chi connectivity index (χ1n) is 5.96. The molecule has 0 radical (unpaired) electrons. The lowest BCUT2D eigenvalue weighted by Crippen LogP contribution is -2.13. The number of carbonyl (C=O) groups is 1. The molecule has 0 saturated heterocycles. The zero-order valence-corrected chi connectivity index (χ0v) is 11.8. The summed E-state index contributed by atoms with van der Waals surface area (Å²) in [6.07, 6.45) is 1.75. The van der Waals surface area contributed by atoms with E-state index in [1.165, 1.54) is 12.3 Å². The topological polar surface area (TPSA) is 132 Å². The van der Waals surface area contributed by atoms with E-state index < -0.39 is 21.7 Å². The Morgan fingerprint density at radius 3 is 2.67 bits per heavy atom. The fourth-order valence-corrected chi connectivity index (χ4v) is 2.64. The molecule has 0 atom stereocenters. The van der Waals surface area contributed by atoms with Crippen LogP contribution in [0.25, 0.3) is 0 Å². The fourth-order valence-electron chi connectivity index (χ4n) is 1.65. The lowest BCUT2D eigenvalue weighted by atomic mass is 10.2. The van der Waals surface area contributed by atoms with Crippen LogP contribution in [0.3, 0.4) is 0 Å².